The van der Waals surface area contributed by atoms with Crippen LogP contribution in [0.25, 0.3) is 0 Å². The number of nitrogens with two attached hydrogens (primary N) is 1. The van der Waals surface area contributed by atoms with Gasteiger partial charge in [0.25, 0.3) is 0 Å². The summed E-state index contributed by atoms with van der Waals surface area (Å²) in [5.41, 5.74) is 5.28. The van der Waals surface area contributed by atoms with Crippen molar-refractivity contribution in [3.63, 3.8) is 0 Å². The molecular formula is C11H24N2O. The van der Waals surface area contributed by atoms with E-state index in [9.17, 15) is 4.79 Å². The van der Waals surface area contributed by atoms with E-state index in [0.717, 1.165) is 13.0 Å². The van der Waals surface area contributed by atoms with Gasteiger partial charge in [0.1, 0.15) is 0 Å². The lowest BCUT2D eigenvalue weighted by Gasteiger charge is -2.25. The lowest BCUT2D eigenvalue weighted by molar-refractivity contribution is -0.126. The van der Waals surface area contributed by atoms with Crippen LogP contribution in [0.4, 0.5) is 0 Å². The van der Waals surface area contributed by atoms with Crippen molar-refractivity contribution in [2.45, 2.75) is 52.5 Å². The first-order valence-electron chi connectivity index (χ1n) is 5.53. The van der Waals surface area contributed by atoms with Gasteiger partial charge in [-0.15, -0.1) is 0 Å². The molecule has 84 valence electrons. The summed E-state index contributed by atoms with van der Waals surface area (Å²) in [5, 5.41) is 2.89. The van der Waals surface area contributed by atoms with E-state index >= 15 is 0 Å². The van der Waals surface area contributed by atoms with Crippen LogP contribution in [-0.4, -0.2) is 18.0 Å². The number of hydrogen-bond acceptors (Lipinski definition) is 2. The Morgan fingerprint density at radius 1 is 1.36 bits per heavy atom. The smallest absolute Gasteiger partial charge is 0.240 e. The number of rotatable bonds is 6. The lowest BCUT2D eigenvalue weighted by Crippen LogP contribution is -2.53. The van der Waals surface area contributed by atoms with E-state index in [1.807, 2.05) is 13.8 Å². The quantitative estimate of drug-likeness (QED) is 0.685. The number of amides is 1. The molecule has 3 N–H and O–H groups in total. The normalized spacial score (nSPS) is 11.9. The molecule has 0 saturated heterocycles. The SMILES string of the molecule is CCC(N)(CC)C(=O)NCCC(C)C. The Hall–Kier alpha value is -0.570. The molecule has 0 unspecified atom stereocenters. The number of carbonyl (C=O) groups excluding carboxylic acids is 1. The van der Waals surface area contributed by atoms with E-state index in [0.29, 0.717) is 18.8 Å². The molecule has 0 aliphatic rings. The van der Waals surface area contributed by atoms with E-state index in [1.54, 1.807) is 0 Å². The van der Waals surface area contributed by atoms with Gasteiger partial charge in [-0.2, -0.15) is 0 Å². The first-order chi connectivity index (χ1) is 6.46. The van der Waals surface area contributed by atoms with Crippen LogP contribution in [0.2, 0.25) is 0 Å². The molecule has 3 heteroatoms. The van der Waals surface area contributed by atoms with Crippen molar-refractivity contribution in [2.24, 2.45) is 11.7 Å². The summed E-state index contributed by atoms with van der Waals surface area (Å²) in [7, 11) is 0. The molecule has 0 aliphatic heterocycles. The number of hydrogen-bond donors (Lipinski definition) is 2. The predicted octanol–water partition coefficient (Wildman–Crippen LogP) is 1.67. The molecule has 0 bridgehead atoms. The minimum Gasteiger partial charge on any atom is -0.354 e. The largest absolute Gasteiger partial charge is 0.354 e. The molecule has 0 radical (unpaired) electrons. The van der Waals surface area contributed by atoms with Gasteiger partial charge in [0.2, 0.25) is 5.91 Å². The van der Waals surface area contributed by atoms with Gasteiger partial charge in [0.05, 0.1) is 5.54 Å². The number of carbonyl (C=O) groups is 1. The zero-order valence-electron chi connectivity index (χ0n) is 9.89. The van der Waals surface area contributed by atoms with Gasteiger partial charge in [0.15, 0.2) is 0 Å². The van der Waals surface area contributed by atoms with Crippen molar-refractivity contribution in [1.29, 1.82) is 0 Å². The van der Waals surface area contributed by atoms with Gasteiger partial charge in [-0.1, -0.05) is 27.7 Å². The molecule has 0 atom stereocenters. The van der Waals surface area contributed by atoms with Crippen LogP contribution in [-0.2, 0) is 4.79 Å². The Morgan fingerprint density at radius 3 is 2.21 bits per heavy atom. The van der Waals surface area contributed by atoms with Gasteiger partial charge in [-0.05, 0) is 25.2 Å². The van der Waals surface area contributed by atoms with Crippen molar-refractivity contribution in [2.75, 3.05) is 6.54 Å². The fraction of sp³-hybridized carbons (Fsp3) is 0.909. The highest BCUT2D eigenvalue weighted by Crippen LogP contribution is 2.11. The summed E-state index contributed by atoms with van der Waals surface area (Å²) >= 11 is 0. The highest BCUT2D eigenvalue weighted by molar-refractivity contribution is 5.85. The monoisotopic (exact) mass is 200 g/mol. The van der Waals surface area contributed by atoms with Crippen molar-refractivity contribution < 1.29 is 4.79 Å². The first kappa shape index (κ1) is 13.4. The van der Waals surface area contributed by atoms with Crippen LogP contribution in [0, 0.1) is 5.92 Å². The molecule has 0 aromatic heterocycles. The molecule has 0 spiro atoms. The molecule has 0 aromatic rings. The van der Waals surface area contributed by atoms with Crippen molar-refractivity contribution >= 4 is 5.91 Å². The zero-order chi connectivity index (χ0) is 11.2. The summed E-state index contributed by atoms with van der Waals surface area (Å²) in [6.07, 6.45) is 2.39. The molecule has 3 nitrogen and oxygen atoms in total. The Kier molecular flexibility index (Phi) is 5.77. The molecule has 0 saturated carbocycles. The van der Waals surface area contributed by atoms with Crippen molar-refractivity contribution in [3.05, 3.63) is 0 Å². The maximum Gasteiger partial charge on any atom is 0.240 e. The van der Waals surface area contributed by atoms with Crippen LogP contribution in [0.1, 0.15) is 47.0 Å². The second-order valence-electron chi connectivity index (χ2n) is 4.30. The van der Waals surface area contributed by atoms with Gasteiger partial charge in [0, 0.05) is 6.54 Å². The topological polar surface area (TPSA) is 55.1 Å². The van der Waals surface area contributed by atoms with Crippen LogP contribution in [0.15, 0.2) is 0 Å². The van der Waals surface area contributed by atoms with Gasteiger partial charge < -0.3 is 11.1 Å². The molecule has 0 aliphatic carbocycles. The highest BCUT2D eigenvalue weighted by atomic mass is 16.2. The van der Waals surface area contributed by atoms with Gasteiger partial charge in [-0.3, -0.25) is 4.79 Å². The third-order valence-electron chi connectivity index (χ3n) is 2.72. The average Bonchev–Trinajstić information content (AvgIpc) is 2.15. The van der Waals surface area contributed by atoms with E-state index in [1.165, 1.54) is 0 Å². The maximum absolute atomic E-state index is 11.7. The summed E-state index contributed by atoms with van der Waals surface area (Å²) in [4.78, 5) is 11.7. The summed E-state index contributed by atoms with van der Waals surface area (Å²) in [5.74, 6) is 0.605. The fourth-order valence-corrected chi connectivity index (χ4v) is 1.22. The lowest BCUT2D eigenvalue weighted by atomic mass is 9.93. The molecule has 14 heavy (non-hydrogen) atoms. The Balaban J connectivity index is 3.94. The van der Waals surface area contributed by atoms with Gasteiger partial charge >= 0.3 is 0 Å². The Bertz CT molecular complexity index is 174. The predicted molar refractivity (Wildman–Crippen MR) is 60.0 cm³/mol. The zero-order valence-corrected chi connectivity index (χ0v) is 9.89. The Labute approximate surface area is 87.4 Å². The van der Waals surface area contributed by atoms with Crippen LogP contribution in [0.3, 0.4) is 0 Å². The second kappa shape index (κ2) is 6.02. The van der Waals surface area contributed by atoms with E-state index in [-0.39, 0.29) is 5.91 Å². The minimum atomic E-state index is -0.670. The second-order valence-corrected chi connectivity index (χ2v) is 4.30. The van der Waals surface area contributed by atoms with E-state index in [2.05, 4.69) is 19.2 Å². The molecule has 0 rings (SSSR count). The summed E-state index contributed by atoms with van der Waals surface area (Å²) < 4.78 is 0. The molecular weight excluding hydrogens is 176 g/mol. The summed E-state index contributed by atoms with van der Waals surface area (Å²) in [6, 6.07) is 0. The molecule has 1 amide bonds. The molecule has 0 aromatic carbocycles. The molecule has 0 fully saturated rings. The maximum atomic E-state index is 11.7. The average molecular weight is 200 g/mol. The standard InChI is InChI=1S/C11H24N2O/c1-5-11(12,6-2)10(14)13-8-7-9(3)4/h9H,5-8,12H2,1-4H3,(H,13,14). The van der Waals surface area contributed by atoms with E-state index in [4.69, 9.17) is 5.73 Å². The third-order valence-corrected chi connectivity index (χ3v) is 2.72. The molecule has 0 heterocycles. The number of nitrogens with one attached hydrogen (secondary N) is 1. The van der Waals surface area contributed by atoms with Crippen LogP contribution >= 0.6 is 0 Å². The van der Waals surface area contributed by atoms with Crippen molar-refractivity contribution in [1.82, 2.24) is 5.32 Å². The third kappa shape index (κ3) is 4.09. The van der Waals surface area contributed by atoms with Crippen LogP contribution < -0.4 is 11.1 Å². The first-order valence-corrected chi connectivity index (χ1v) is 5.53. The Morgan fingerprint density at radius 2 is 1.86 bits per heavy atom. The van der Waals surface area contributed by atoms with Gasteiger partial charge in [-0.25, -0.2) is 0 Å². The van der Waals surface area contributed by atoms with Crippen molar-refractivity contribution in [3.8, 4) is 0 Å². The minimum absolute atomic E-state index is 0.0110. The summed E-state index contributed by atoms with van der Waals surface area (Å²) in [6.45, 7) is 8.91. The van der Waals surface area contributed by atoms with E-state index < -0.39 is 5.54 Å². The fourth-order valence-electron chi connectivity index (χ4n) is 1.22. The highest BCUT2D eigenvalue weighted by Gasteiger charge is 2.29. The van der Waals surface area contributed by atoms with Crippen LogP contribution in [0.5, 0.6) is 0 Å².